The predicted octanol–water partition coefficient (Wildman–Crippen LogP) is 0.815. The highest BCUT2D eigenvalue weighted by molar-refractivity contribution is 5.75. The lowest BCUT2D eigenvalue weighted by Crippen LogP contribution is -2.49. The number of hydrogen-bond acceptors (Lipinski definition) is 3. The van der Waals surface area contributed by atoms with E-state index in [0.29, 0.717) is 25.9 Å². The third-order valence-electron chi connectivity index (χ3n) is 3.69. The molecule has 0 aromatic carbocycles. The van der Waals surface area contributed by atoms with Gasteiger partial charge in [-0.15, -0.1) is 0 Å². The molecule has 2 amide bonds. The molecular formula is C13H20N4O3. The number of piperidine rings is 1. The van der Waals surface area contributed by atoms with Crippen LogP contribution in [0.3, 0.4) is 0 Å². The molecule has 1 saturated heterocycles. The monoisotopic (exact) mass is 280 g/mol. The largest absolute Gasteiger partial charge is 0.481 e. The average molecular weight is 280 g/mol. The summed E-state index contributed by atoms with van der Waals surface area (Å²) >= 11 is 0. The summed E-state index contributed by atoms with van der Waals surface area (Å²) in [6.45, 7) is 2.80. The molecule has 20 heavy (non-hydrogen) atoms. The molecule has 1 aromatic heterocycles. The number of likely N-dealkylation sites (tertiary alicyclic amines) is 1. The molecule has 7 nitrogen and oxygen atoms in total. The van der Waals surface area contributed by atoms with Crippen molar-refractivity contribution in [1.29, 1.82) is 0 Å². The van der Waals surface area contributed by atoms with E-state index in [0.717, 1.165) is 5.56 Å². The summed E-state index contributed by atoms with van der Waals surface area (Å²) < 4.78 is 1.68. The van der Waals surface area contributed by atoms with Crippen LogP contribution in [-0.4, -0.2) is 44.4 Å². The molecule has 0 spiro atoms. The number of aryl methyl sites for hydroxylation is 1. The lowest BCUT2D eigenvalue weighted by atomic mass is 9.92. The first kappa shape index (κ1) is 14.4. The molecular weight excluding hydrogens is 260 g/mol. The highest BCUT2D eigenvalue weighted by Crippen LogP contribution is 2.22. The first-order chi connectivity index (χ1) is 9.47. The maximum absolute atomic E-state index is 12.1. The van der Waals surface area contributed by atoms with Crippen LogP contribution < -0.4 is 5.32 Å². The Balaban J connectivity index is 1.85. The first-order valence-electron chi connectivity index (χ1n) is 6.72. The van der Waals surface area contributed by atoms with Gasteiger partial charge in [0.05, 0.1) is 12.1 Å². The second-order valence-electron chi connectivity index (χ2n) is 5.28. The SMILES string of the molecule is CC1CC(C(=O)O)CCN1C(=O)NCc1cnn(C)c1. The lowest BCUT2D eigenvalue weighted by molar-refractivity contribution is -0.143. The zero-order valence-corrected chi connectivity index (χ0v) is 11.7. The van der Waals surface area contributed by atoms with Crippen LogP contribution >= 0.6 is 0 Å². The topological polar surface area (TPSA) is 87.5 Å². The van der Waals surface area contributed by atoms with Gasteiger partial charge in [-0.1, -0.05) is 0 Å². The number of carboxylic acids is 1. The quantitative estimate of drug-likeness (QED) is 0.858. The molecule has 1 aliphatic rings. The number of carboxylic acid groups (broad SMARTS) is 1. The lowest BCUT2D eigenvalue weighted by Gasteiger charge is -2.36. The predicted molar refractivity (Wildman–Crippen MR) is 72.0 cm³/mol. The van der Waals surface area contributed by atoms with Crippen molar-refractivity contribution in [2.45, 2.75) is 32.4 Å². The Bertz CT molecular complexity index is 500. The molecule has 0 aliphatic carbocycles. The highest BCUT2D eigenvalue weighted by Gasteiger charge is 2.32. The number of nitrogens with one attached hydrogen (secondary N) is 1. The number of hydrogen-bond donors (Lipinski definition) is 2. The molecule has 2 atom stereocenters. The van der Waals surface area contributed by atoms with Gasteiger partial charge < -0.3 is 15.3 Å². The van der Waals surface area contributed by atoms with E-state index < -0.39 is 5.97 Å². The van der Waals surface area contributed by atoms with E-state index in [9.17, 15) is 9.59 Å². The Labute approximate surface area is 117 Å². The molecule has 2 N–H and O–H groups in total. The summed E-state index contributed by atoms with van der Waals surface area (Å²) in [4.78, 5) is 24.8. The fourth-order valence-corrected chi connectivity index (χ4v) is 2.54. The van der Waals surface area contributed by atoms with Gasteiger partial charge in [-0.2, -0.15) is 5.10 Å². The van der Waals surface area contributed by atoms with E-state index in [-0.39, 0.29) is 18.0 Å². The van der Waals surface area contributed by atoms with Crippen molar-refractivity contribution in [2.75, 3.05) is 6.54 Å². The van der Waals surface area contributed by atoms with Gasteiger partial charge in [0, 0.05) is 37.9 Å². The van der Waals surface area contributed by atoms with E-state index >= 15 is 0 Å². The third kappa shape index (κ3) is 3.28. The number of urea groups is 1. The summed E-state index contributed by atoms with van der Waals surface area (Å²) in [6.07, 6.45) is 4.58. The fraction of sp³-hybridized carbons (Fsp3) is 0.615. The number of carbonyl (C=O) groups is 2. The van der Waals surface area contributed by atoms with Crippen LogP contribution in [0.1, 0.15) is 25.3 Å². The van der Waals surface area contributed by atoms with Crippen molar-refractivity contribution in [2.24, 2.45) is 13.0 Å². The molecule has 0 bridgehead atoms. The summed E-state index contributed by atoms with van der Waals surface area (Å²) in [5, 5.41) is 15.9. The Morgan fingerprint density at radius 1 is 1.55 bits per heavy atom. The van der Waals surface area contributed by atoms with Gasteiger partial charge in [-0.25, -0.2) is 4.79 Å². The maximum atomic E-state index is 12.1. The van der Waals surface area contributed by atoms with Crippen LogP contribution in [-0.2, 0) is 18.4 Å². The second-order valence-corrected chi connectivity index (χ2v) is 5.28. The Morgan fingerprint density at radius 2 is 2.30 bits per heavy atom. The fourth-order valence-electron chi connectivity index (χ4n) is 2.54. The number of aliphatic carboxylic acids is 1. The molecule has 1 aromatic rings. The van der Waals surface area contributed by atoms with E-state index in [1.165, 1.54) is 0 Å². The standard InChI is InChI=1S/C13H20N4O3/c1-9-5-11(12(18)19)3-4-17(9)13(20)14-6-10-7-15-16(2)8-10/h7-9,11H,3-6H2,1-2H3,(H,14,20)(H,18,19). The molecule has 0 radical (unpaired) electrons. The molecule has 110 valence electrons. The average Bonchev–Trinajstić information content (AvgIpc) is 2.81. The molecule has 1 aliphatic heterocycles. The highest BCUT2D eigenvalue weighted by atomic mass is 16.4. The minimum Gasteiger partial charge on any atom is -0.481 e. The summed E-state index contributed by atoms with van der Waals surface area (Å²) in [6, 6.07) is -0.205. The van der Waals surface area contributed by atoms with E-state index in [1.54, 1.807) is 15.8 Å². The smallest absolute Gasteiger partial charge is 0.317 e. The minimum absolute atomic E-state index is 0.0567. The van der Waals surface area contributed by atoms with Gasteiger partial charge in [0.25, 0.3) is 0 Å². The molecule has 1 fully saturated rings. The van der Waals surface area contributed by atoms with Crippen molar-refractivity contribution in [3.8, 4) is 0 Å². The van der Waals surface area contributed by atoms with Gasteiger partial charge in [-0.3, -0.25) is 9.48 Å². The Kier molecular flexibility index (Phi) is 4.26. The number of aromatic nitrogens is 2. The normalized spacial score (nSPS) is 22.6. The van der Waals surface area contributed by atoms with Crippen LogP contribution in [0, 0.1) is 5.92 Å². The number of rotatable bonds is 3. The third-order valence-corrected chi connectivity index (χ3v) is 3.69. The zero-order valence-electron chi connectivity index (χ0n) is 11.7. The number of amides is 2. The van der Waals surface area contributed by atoms with Crippen molar-refractivity contribution < 1.29 is 14.7 Å². The van der Waals surface area contributed by atoms with Crippen LogP contribution in [0.15, 0.2) is 12.4 Å². The van der Waals surface area contributed by atoms with E-state index in [2.05, 4.69) is 10.4 Å². The Hall–Kier alpha value is -2.05. The van der Waals surface area contributed by atoms with Gasteiger partial charge in [-0.05, 0) is 19.8 Å². The second kappa shape index (κ2) is 5.94. The van der Waals surface area contributed by atoms with Crippen molar-refractivity contribution in [1.82, 2.24) is 20.0 Å². The first-order valence-corrected chi connectivity index (χ1v) is 6.72. The maximum Gasteiger partial charge on any atom is 0.317 e. The van der Waals surface area contributed by atoms with Gasteiger partial charge >= 0.3 is 12.0 Å². The molecule has 0 saturated carbocycles. The van der Waals surface area contributed by atoms with Crippen LogP contribution in [0.25, 0.3) is 0 Å². The van der Waals surface area contributed by atoms with Crippen LogP contribution in [0.4, 0.5) is 4.79 Å². The van der Waals surface area contributed by atoms with Crippen LogP contribution in [0.2, 0.25) is 0 Å². The molecule has 2 rings (SSSR count). The summed E-state index contributed by atoms with van der Waals surface area (Å²) in [7, 11) is 1.82. The van der Waals surface area contributed by atoms with Crippen molar-refractivity contribution in [3.05, 3.63) is 18.0 Å². The van der Waals surface area contributed by atoms with Gasteiger partial charge in [0.2, 0.25) is 0 Å². The van der Waals surface area contributed by atoms with E-state index in [4.69, 9.17) is 5.11 Å². The number of carbonyl (C=O) groups excluding carboxylic acids is 1. The Morgan fingerprint density at radius 3 is 2.85 bits per heavy atom. The minimum atomic E-state index is -0.771. The van der Waals surface area contributed by atoms with Crippen molar-refractivity contribution >= 4 is 12.0 Å². The van der Waals surface area contributed by atoms with E-state index in [1.807, 2.05) is 20.2 Å². The zero-order chi connectivity index (χ0) is 14.7. The summed E-state index contributed by atoms with van der Waals surface area (Å²) in [5.41, 5.74) is 0.939. The van der Waals surface area contributed by atoms with Crippen LogP contribution in [0.5, 0.6) is 0 Å². The van der Waals surface area contributed by atoms with Crippen molar-refractivity contribution in [3.63, 3.8) is 0 Å². The number of nitrogens with zero attached hydrogens (tertiary/aromatic N) is 3. The molecule has 7 heteroatoms. The molecule has 2 heterocycles. The molecule has 2 unspecified atom stereocenters. The van der Waals surface area contributed by atoms with Gasteiger partial charge in [0.1, 0.15) is 0 Å². The summed E-state index contributed by atoms with van der Waals surface area (Å²) in [5.74, 6) is -1.11. The van der Waals surface area contributed by atoms with Gasteiger partial charge in [0.15, 0.2) is 0 Å².